The van der Waals surface area contributed by atoms with E-state index in [0.29, 0.717) is 89.7 Å². The van der Waals surface area contributed by atoms with Crippen LogP contribution in [0.2, 0.25) is 0 Å². The van der Waals surface area contributed by atoms with Crippen LogP contribution in [0, 0.1) is 5.41 Å². The SMILES string of the molecule is CC(NC(=O)[C@@H](NC(=O)C(N)CCCCN)[C@@H](O)CN)C(=O)NCC(=O)N[C@H](CCCN)C(=O)N1CCC[C@H]1C(=O)NC(Cc1cncn1C)C(=O)N[C@@H](CCCCN)C(=O)N/C(=C\CCNC(=N)N)C(=O)N[C@@H](CCCCN)C(=O)NCCCCN. The van der Waals surface area contributed by atoms with E-state index >= 15 is 0 Å². The summed E-state index contributed by atoms with van der Waals surface area (Å²) >= 11 is 0. The van der Waals surface area contributed by atoms with Gasteiger partial charge in [0.25, 0.3) is 5.91 Å². The fraction of sp³-hybridized carbons (Fsp3) is 0.704. The predicted octanol–water partition coefficient (Wildman–Crippen LogP) is -7.50. The average Bonchev–Trinajstić information content (AvgIpc) is 4.39. The molecule has 1 aliphatic heterocycles. The first kappa shape index (κ1) is 75.7. The van der Waals surface area contributed by atoms with Crippen molar-refractivity contribution in [2.24, 2.45) is 52.9 Å². The van der Waals surface area contributed by atoms with Crippen LogP contribution >= 0.6 is 0 Å². The minimum atomic E-state index is -1.57. The zero-order chi connectivity index (χ0) is 64.8. The maximum atomic E-state index is 14.6. The van der Waals surface area contributed by atoms with Gasteiger partial charge < -0.3 is 114 Å². The van der Waals surface area contributed by atoms with E-state index in [9.17, 15) is 53.1 Å². The molecule has 0 radical (unpaired) electrons. The standard InChI is InChI=1S/C54H100N22O11/c1-33(68-52(86)44(42(77)29-60)74-46(80)35(61)14-3-6-20-55)45(79)67-31-43(78)69-39(17-11-24-59)53(87)76-27-13-19-41(76)51(85)73-40(28-34-30-64-32-75(34)2)50(84)72-37(16-5-8-22-57)48(82)71-38(18-12-26-66-54(62)63)49(83)70-36(15-4-7-21-56)47(81)65-25-10-9-23-58/h18,30,32-33,35-37,39-42,44,77H,3-17,19-29,31,55-61H2,1-2H3,(H,65,81)(H,67,79)(H,68,86)(H,69,78)(H,70,83)(H,71,82)(H,72,84)(H,73,85)(H,74,80)(H4,62,63,66)/b38-18-/t33?,35?,36-,37-,39+,40?,41-,42-,44-/m0/s1. The van der Waals surface area contributed by atoms with E-state index in [-0.39, 0.29) is 89.2 Å². The molecule has 33 nitrogen and oxygen atoms in total. The number of carbonyl (C=O) groups is 10. The van der Waals surface area contributed by atoms with Gasteiger partial charge in [-0.2, -0.15) is 0 Å². The van der Waals surface area contributed by atoms with Crippen molar-refractivity contribution < 1.29 is 53.1 Å². The molecule has 28 N–H and O–H groups in total. The first-order valence-electron chi connectivity index (χ1n) is 29.9. The number of aromatic nitrogens is 2. The Morgan fingerprint density at radius 2 is 1.28 bits per heavy atom. The Kier molecular flexibility index (Phi) is 36.9. The quantitative estimate of drug-likeness (QED) is 0.0125. The van der Waals surface area contributed by atoms with Crippen LogP contribution in [0.5, 0.6) is 0 Å². The molecule has 1 aromatic rings. The molecule has 2 heterocycles. The lowest BCUT2D eigenvalue weighted by molar-refractivity contribution is -0.142. The van der Waals surface area contributed by atoms with Crippen LogP contribution in [0.15, 0.2) is 24.3 Å². The van der Waals surface area contributed by atoms with Crippen molar-refractivity contribution in [3.8, 4) is 0 Å². The number of nitrogens with one attached hydrogen (secondary N) is 11. The summed E-state index contributed by atoms with van der Waals surface area (Å²) in [7, 11) is 1.68. The van der Waals surface area contributed by atoms with Gasteiger partial charge in [-0.15, -0.1) is 0 Å². The molecular weight excluding hydrogens is 1130 g/mol. The number of nitrogens with zero attached hydrogens (tertiary/aromatic N) is 3. The summed E-state index contributed by atoms with van der Waals surface area (Å²) in [4.78, 5) is 143. The van der Waals surface area contributed by atoms with Crippen LogP contribution in [0.25, 0.3) is 0 Å². The summed E-state index contributed by atoms with van der Waals surface area (Å²) in [5.41, 5.74) is 45.7. The van der Waals surface area contributed by atoms with Gasteiger partial charge in [-0.25, -0.2) is 4.98 Å². The summed E-state index contributed by atoms with van der Waals surface area (Å²) in [6, 6.07) is -9.97. The maximum absolute atomic E-state index is 14.6. The molecule has 0 saturated carbocycles. The summed E-state index contributed by atoms with van der Waals surface area (Å²) in [6.45, 7) is 2.27. The van der Waals surface area contributed by atoms with Gasteiger partial charge in [-0.1, -0.05) is 12.5 Å². The van der Waals surface area contributed by atoms with Crippen LogP contribution in [0.3, 0.4) is 0 Å². The summed E-state index contributed by atoms with van der Waals surface area (Å²) in [5.74, 6) is -7.93. The molecule has 0 bridgehead atoms. The van der Waals surface area contributed by atoms with E-state index < -0.39 is 127 Å². The van der Waals surface area contributed by atoms with Crippen LogP contribution in [0.4, 0.5) is 0 Å². The number of unbranched alkanes of at least 4 members (excludes halogenated alkanes) is 4. The first-order valence-corrected chi connectivity index (χ1v) is 29.9. The highest BCUT2D eigenvalue weighted by Crippen LogP contribution is 2.21. The highest BCUT2D eigenvalue weighted by atomic mass is 16.3. The van der Waals surface area contributed by atoms with Crippen LogP contribution in [-0.2, 0) is 61.4 Å². The van der Waals surface area contributed by atoms with Crippen molar-refractivity contribution in [1.29, 1.82) is 5.41 Å². The number of aryl methyl sites for hydroxylation is 1. The summed E-state index contributed by atoms with van der Waals surface area (Å²) < 4.78 is 1.63. The maximum Gasteiger partial charge on any atom is 0.268 e. The minimum absolute atomic E-state index is 0.0310. The van der Waals surface area contributed by atoms with E-state index in [1.165, 1.54) is 30.4 Å². The lowest BCUT2D eigenvalue weighted by Crippen LogP contribution is -2.60. The Hall–Kier alpha value is -7.40. The largest absolute Gasteiger partial charge is 0.389 e. The molecule has 0 spiro atoms. The zero-order valence-electron chi connectivity index (χ0n) is 50.5. The second-order valence-corrected chi connectivity index (χ2v) is 21.3. The molecular formula is C54H100N22O11. The smallest absolute Gasteiger partial charge is 0.268 e. The monoisotopic (exact) mass is 1230 g/mol. The zero-order valence-corrected chi connectivity index (χ0v) is 50.5. The van der Waals surface area contributed by atoms with Crippen molar-refractivity contribution in [2.75, 3.05) is 65.4 Å². The van der Waals surface area contributed by atoms with Gasteiger partial charge >= 0.3 is 0 Å². The number of aliphatic hydroxyl groups excluding tert-OH is 1. The fourth-order valence-corrected chi connectivity index (χ4v) is 9.14. The number of hydrogen-bond donors (Lipinski definition) is 20. The van der Waals surface area contributed by atoms with E-state index in [1.54, 1.807) is 11.6 Å². The van der Waals surface area contributed by atoms with Crippen molar-refractivity contribution in [2.45, 2.75) is 171 Å². The number of hydrogen-bond acceptors (Lipinski definition) is 20. The highest BCUT2D eigenvalue weighted by Gasteiger charge is 2.40. The Balaban J connectivity index is 2.36. The number of nitrogens with two attached hydrogens (primary N) is 8. The Labute approximate surface area is 508 Å². The summed E-state index contributed by atoms with van der Waals surface area (Å²) in [5, 5.41) is 44.1. The van der Waals surface area contributed by atoms with Gasteiger partial charge in [0.15, 0.2) is 5.96 Å². The number of carbonyl (C=O) groups excluding carboxylic acids is 10. The number of imidazole rings is 1. The third kappa shape index (κ3) is 28.3. The van der Waals surface area contributed by atoms with E-state index in [1.807, 2.05) is 0 Å². The second kappa shape index (κ2) is 42.4. The molecule has 10 amide bonds. The normalized spacial score (nSPS) is 15.9. The third-order valence-electron chi connectivity index (χ3n) is 14.2. The molecule has 0 aliphatic carbocycles. The molecule has 492 valence electrons. The van der Waals surface area contributed by atoms with Gasteiger partial charge in [0.2, 0.25) is 53.2 Å². The van der Waals surface area contributed by atoms with Gasteiger partial charge in [-0.3, -0.25) is 53.4 Å². The third-order valence-corrected chi connectivity index (χ3v) is 14.2. The van der Waals surface area contributed by atoms with Crippen LogP contribution in [0.1, 0.15) is 115 Å². The lowest BCUT2D eigenvalue weighted by atomic mass is 10.0. The topological polar surface area (TPSA) is 564 Å². The molecule has 2 rings (SSSR count). The number of guanidine groups is 1. The molecule has 1 aliphatic rings. The molecule has 3 unspecified atom stereocenters. The van der Waals surface area contributed by atoms with E-state index in [0.717, 1.165) is 0 Å². The van der Waals surface area contributed by atoms with E-state index in [2.05, 4.69) is 58.2 Å². The molecule has 87 heavy (non-hydrogen) atoms. The first-order chi connectivity index (χ1) is 41.6. The molecule has 33 heteroatoms. The lowest BCUT2D eigenvalue weighted by Gasteiger charge is -2.30. The minimum Gasteiger partial charge on any atom is -0.389 e. The fourth-order valence-electron chi connectivity index (χ4n) is 9.14. The Bertz CT molecular complexity index is 2390. The average molecular weight is 1230 g/mol. The molecule has 1 aromatic heterocycles. The van der Waals surface area contributed by atoms with Crippen LogP contribution in [-0.4, -0.2) is 204 Å². The molecule has 9 atom stereocenters. The Morgan fingerprint density at radius 3 is 1.87 bits per heavy atom. The number of rotatable bonds is 44. The van der Waals surface area contributed by atoms with Crippen LogP contribution < -0.4 is 99.0 Å². The number of amides is 10. The van der Waals surface area contributed by atoms with Crippen molar-refractivity contribution in [3.05, 3.63) is 30.0 Å². The molecule has 0 aromatic carbocycles. The molecule has 1 saturated heterocycles. The second-order valence-electron chi connectivity index (χ2n) is 21.3. The van der Waals surface area contributed by atoms with Gasteiger partial charge in [0.1, 0.15) is 48.0 Å². The van der Waals surface area contributed by atoms with Gasteiger partial charge in [0.05, 0.1) is 25.0 Å². The predicted molar refractivity (Wildman–Crippen MR) is 324 cm³/mol. The van der Waals surface area contributed by atoms with Crippen molar-refractivity contribution in [3.63, 3.8) is 0 Å². The number of aliphatic hydroxyl groups is 1. The van der Waals surface area contributed by atoms with Gasteiger partial charge in [-0.05, 0) is 136 Å². The number of likely N-dealkylation sites (tertiary alicyclic amines) is 1. The Morgan fingerprint density at radius 1 is 0.667 bits per heavy atom. The molecule has 1 fully saturated rings. The van der Waals surface area contributed by atoms with Crippen molar-refractivity contribution in [1.82, 2.24) is 67.6 Å². The summed E-state index contributed by atoms with van der Waals surface area (Å²) in [6.07, 6.45) is 8.42. The highest BCUT2D eigenvalue weighted by molar-refractivity contribution is 6.02. The van der Waals surface area contributed by atoms with Crippen molar-refractivity contribution >= 4 is 65.0 Å². The van der Waals surface area contributed by atoms with Gasteiger partial charge in [0, 0.05) is 51.5 Å². The van der Waals surface area contributed by atoms with E-state index in [4.69, 9.17) is 51.3 Å².